The van der Waals surface area contributed by atoms with Crippen LogP contribution in [0.2, 0.25) is 0 Å². The quantitative estimate of drug-likeness (QED) is 0.223. The summed E-state index contributed by atoms with van der Waals surface area (Å²) in [6, 6.07) is -2.34. The van der Waals surface area contributed by atoms with Gasteiger partial charge in [0.05, 0.1) is 49.9 Å². The van der Waals surface area contributed by atoms with Gasteiger partial charge in [-0.3, -0.25) is 19.5 Å². The first-order valence-electron chi connectivity index (χ1n) is 13.7. The number of carboxylic acids is 1. The predicted molar refractivity (Wildman–Crippen MR) is 149 cm³/mol. The monoisotopic (exact) mass is 659 g/mol. The number of hydroxylamine groups is 2. The zero-order valence-corrected chi connectivity index (χ0v) is 25.3. The van der Waals surface area contributed by atoms with Crippen molar-refractivity contribution in [3.63, 3.8) is 0 Å². The van der Waals surface area contributed by atoms with Gasteiger partial charge < -0.3 is 19.9 Å². The number of halogens is 5. The largest absolute Gasteiger partial charge is 0.481 e. The summed E-state index contributed by atoms with van der Waals surface area (Å²) in [6.45, 7) is 1.25. The number of methoxy groups -OCH3 is 2. The number of ether oxygens (including phenoxy) is 2. The highest BCUT2D eigenvalue weighted by atomic mass is 32.1. The molecule has 11 nitrogen and oxygen atoms in total. The molecule has 3 aliphatic rings. The van der Waals surface area contributed by atoms with Crippen LogP contribution < -0.4 is 5.32 Å². The number of carboxylic acid groups (broad SMARTS) is 1. The van der Waals surface area contributed by atoms with E-state index >= 15 is 13.2 Å². The normalized spacial score (nSPS) is 24.3. The van der Waals surface area contributed by atoms with Crippen LogP contribution in [0.15, 0.2) is 40.0 Å². The number of nitrogens with one attached hydrogen (secondary N) is 1. The van der Waals surface area contributed by atoms with Gasteiger partial charge in [0.15, 0.2) is 28.3 Å². The third kappa shape index (κ3) is 5.94. The van der Waals surface area contributed by atoms with Gasteiger partial charge in [-0.15, -0.1) is 11.3 Å². The molecule has 4 atom stereocenters. The molecular weight excluding hydrogens is 629 g/mol. The van der Waals surface area contributed by atoms with Crippen LogP contribution in [0.1, 0.15) is 30.5 Å². The molecule has 0 spiro atoms. The molecule has 1 aromatic heterocycles. The highest BCUT2D eigenvalue weighted by Crippen LogP contribution is 2.42. The van der Waals surface area contributed by atoms with E-state index in [2.05, 4.69) is 15.3 Å². The fourth-order valence-corrected chi connectivity index (χ4v) is 6.34. The van der Waals surface area contributed by atoms with Gasteiger partial charge in [0.2, 0.25) is 0 Å². The van der Waals surface area contributed by atoms with E-state index < -0.39 is 77.1 Å². The number of aromatic nitrogens is 1. The second-order valence-corrected chi connectivity index (χ2v) is 12.2. The van der Waals surface area contributed by atoms with Crippen molar-refractivity contribution in [2.24, 2.45) is 10.4 Å². The number of carbonyl (C=O) groups is 2. The molecule has 3 aliphatic heterocycles. The van der Waals surface area contributed by atoms with Crippen molar-refractivity contribution in [3.05, 3.63) is 63.0 Å². The molecule has 2 aromatic rings. The molecule has 1 aromatic carbocycles. The molecule has 244 valence electrons. The smallest absolute Gasteiger partial charge is 0.338 e. The van der Waals surface area contributed by atoms with Crippen molar-refractivity contribution in [1.29, 1.82) is 0 Å². The summed E-state index contributed by atoms with van der Waals surface area (Å²) in [5.41, 5.74) is -2.19. The first-order valence-corrected chi connectivity index (χ1v) is 14.6. The Hall–Kier alpha value is -3.51. The van der Waals surface area contributed by atoms with Gasteiger partial charge in [-0.1, -0.05) is 6.07 Å². The molecule has 5 rings (SSSR count). The molecule has 0 amide bonds. The second kappa shape index (κ2) is 12.4. The van der Waals surface area contributed by atoms with Crippen molar-refractivity contribution in [2.75, 3.05) is 40.5 Å². The van der Waals surface area contributed by atoms with Gasteiger partial charge in [0, 0.05) is 36.5 Å². The molecular formula is C28H30F5N5O6S. The van der Waals surface area contributed by atoms with Gasteiger partial charge in [-0.05, 0) is 19.9 Å². The third-order valence-electron chi connectivity index (χ3n) is 8.28. The average molecular weight is 660 g/mol. The Kier molecular flexibility index (Phi) is 9.02. The SMILES string of the molecule is COC(=O)C1=C(CN2CC(F)(F)[C@H]3[C@@H]2CON3C[C@H](OC)C(C)(C)C(=O)O)NC(c2nccs2)=N[C@H]1c1ccc(F)c(F)c1F. The summed E-state index contributed by atoms with van der Waals surface area (Å²) < 4.78 is 84.9. The number of aliphatic carboxylic acids is 1. The van der Waals surface area contributed by atoms with E-state index in [0.29, 0.717) is 11.1 Å². The van der Waals surface area contributed by atoms with Crippen LogP contribution in [-0.4, -0.2) is 102 Å². The lowest BCUT2D eigenvalue weighted by molar-refractivity contribution is -0.205. The molecule has 2 N–H and O–H groups in total. The number of benzene rings is 1. The summed E-state index contributed by atoms with van der Waals surface area (Å²) in [5.74, 6) is -10.3. The Morgan fingerprint density at radius 3 is 2.60 bits per heavy atom. The van der Waals surface area contributed by atoms with Crippen LogP contribution in [0.4, 0.5) is 22.0 Å². The van der Waals surface area contributed by atoms with Crippen molar-refractivity contribution in [3.8, 4) is 0 Å². The maximum absolute atomic E-state index is 15.7. The fourth-order valence-electron chi connectivity index (χ4n) is 5.75. The van der Waals surface area contributed by atoms with Crippen molar-refractivity contribution in [2.45, 2.75) is 44.0 Å². The Bertz CT molecular complexity index is 1540. The highest BCUT2D eigenvalue weighted by Gasteiger charge is 2.61. The number of amidine groups is 1. The van der Waals surface area contributed by atoms with Gasteiger partial charge in [0.1, 0.15) is 12.1 Å². The number of aliphatic imine (C=N–C) groups is 1. The molecule has 0 radical (unpaired) electrons. The third-order valence-corrected chi connectivity index (χ3v) is 9.05. The van der Waals surface area contributed by atoms with Gasteiger partial charge in [-0.25, -0.2) is 31.7 Å². The van der Waals surface area contributed by atoms with Crippen molar-refractivity contribution >= 4 is 29.1 Å². The van der Waals surface area contributed by atoms with Crippen LogP contribution >= 0.6 is 11.3 Å². The predicted octanol–water partition coefficient (Wildman–Crippen LogP) is 3.14. The van der Waals surface area contributed by atoms with E-state index in [1.54, 1.807) is 5.38 Å². The van der Waals surface area contributed by atoms with E-state index in [1.807, 2.05) is 0 Å². The van der Waals surface area contributed by atoms with Crippen molar-refractivity contribution in [1.82, 2.24) is 20.3 Å². The topological polar surface area (TPSA) is 126 Å². The van der Waals surface area contributed by atoms with E-state index in [9.17, 15) is 23.5 Å². The number of esters is 1. The molecule has 0 saturated carbocycles. The van der Waals surface area contributed by atoms with Gasteiger partial charge in [0.25, 0.3) is 5.92 Å². The molecule has 0 bridgehead atoms. The number of carbonyl (C=O) groups excluding carboxylic acids is 1. The molecule has 45 heavy (non-hydrogen) atoms. The second-order valence-electron chi connectivity index (χ2n) is 11.3. The maximum Gasteiger partial charge on any atom is 0.338 e. The Morgan fingerprint density at radius 2 is 1.98 bits per heavy atom. The highest BCUT2D eigenvalue weighted by molar-refractivity contribution is 7.11. The molecule has 0 aliphatic carbocycles. The number of alkyl halides is 2. The summed E-state index contributed by atoms with van der Waals surface area (Å²) in [4.78, 5) is 40.5. The van der Waals surface area contributed by atoms with E-state index in [0.717, 1.165) is 29.6 Å². The van der Waals surface area contributed by atoms with E-state index in [-0.39, 0.29) is 36.8 Å². The number of hydrogen-bond acceptors (Lipinski definition) is 11. The summed E-state index contributed by atoms with van der Waals surface area (Å²) in [7, 11) is 2.34. The van der Waals surface area contributed by atoms with Crippen LogP contribution in [-0.2, 0) is 23.9 Å². The summed E-state index contributed by atoms with van der Waals surface area (Å²) in [6.07, 6.45) is 0.460. The molecule has 17 heteroatoms. The Balaban J connectivity index is 1.52. The molecule has 4 heterocycles. The van der Waals surface area contributed by atoms with Gasteiger partial charge in [-0.2, -0.15) is 5.06 Å². The lowest BCUT2D eigenvalue weighted by Crippen LogP contribution is -2.51. The molecule has 2 saturated heterocycles. The van der Waals surface area contributed by atoms with E-state index in [1.165, 1.54) is 32.1 Å². The fraction of sp³-hybridized carbons (Fsp3) is 0.500. The minimum Gasteiger partial charge on any atom is -0.481 e. The van der Waals surface area contributed by atoms with Gasteiger partial charge >= 0.3 is 11.9 Å². The van der Waals surface area contributed by atoms with Crippen molar-refractivity contribution < 1.29 is 51.0 Å². The minimum atomic E-state index is -3.36. The number of fused-ring (bicyclic) bond motifs is 1. The lowest BCUT2D eigenvalue weighted by atomic mass is 9.86. The van der Waals surface area contributed by atoms with Crippen LogP contribution in [0.5, 0.6) is 0 Å². The minimum absolute atomic E-state index is 0.00728. The molecule has 2 fully saturated rings. The van der Waals surface area contributed by atoms with Crippen LogP contribution in [0, 0.1) is 22.9 Å². The summed E-state index contributed by atoms with van der Waals surface area (Å²) >= 11 is 1.14. The number of nitrogens with zero attached hydrogens (tertiary/aromatic N) is 4. The van der Waals surface area contributed by atoms with Crippen LogP contribution in [0.25, 0.3) is 0 Å². The van der Waals surface area contributed by atoms with Crippen LogP contribution in [0.3, 0.4) is 0 Å². The first kappa shape index (κ1) is 32.9. The zero-order valence-electron chi connectivity index (χ0n) is 24.5. The Labute approximate surface area is 258 Å². The van der Waals surface area contributed by atoms with E-state index in [4.69, 9.17) is 14.3 Å². The maximum atomic E-state index is 15.7. The molecule has 0 unspecified atom stereocenters. The average Bonchev–Trinajstić information content (AvgIpc) is 3.73. The number of thiazole rings is 1. The summed E-state index contributed by atoms with van der Waals surface area (Å²) in [5, 5.41) is 15.5. The number of hydrogen-bond donors (Lipinski definition) is 2. The number of rotatable bonds is 10. The lowest BCUT2D eigenvalue weighted by Gasteiger charge is -2.34. The number of likely N-dealkylation sites (tertiary alicyclic amines) is 1. The first-order chi connectivity index (χ1) is 21.2. The Morgan fingerprint density at radius 1 is 1.24 bits per heavy atom. The zero-order chi connectivity index (χ0) is 32.8. The standard InChI is InChI=1S/C28H30F5N5O6S/c1-27(2,26(40)41)17(42-3)10-38-22-16(11-44-38)37(12-28(22,32)33)9-15-18(25(39)43-4)21(13-5-6-14(29)20(31)19(13)30)36-23(35-15)24-34-7-8-45-24/h5-8,16-17,21-22H,9-12H2,1-4H3,(H,35,36)(H,40,41)/t16-,17-,21-,22+/m0/s1.